The minimum atomic E-state index is 1.22. The van der Waals surface area contributed by atoms with Crippen LogP contribution in [0.2, 0.25) is 0 Å². The van der Waals surface area contributed by atoms with Crippen molar-refractivity contribution in [3.8, 4) is 55.6 Å². The van der Waals surface area contributed by atoms with Crippen molar-refractivity contribution < 1.29 is 0 Å². The molecule has 0 fully saturated rings. The molecule has 0 saturated carbocycles. The average Bonchev–Trinajstić information content (AvgIpc) is 3.51. The lowest BCUT2D eigenvalue weighted by molar-refractivity contribution is 1.66. The van der Waals surface area contributed by atoms with Gasteiger partial charge in [0.05, 0.1) is 0 Å². The van der Waals surface area contributed by atoms with Crippen molar-refractivity contribution in [1.29, 1.82) is 0 Å². The summed E-state index contributed by atoms with van der Waals surface area (Å²) in [5.74, 6) is 0. The molecule has 0 unspecified atom stereocenters. The Morgan fingerprint density at radius 3 is 1.52 bits per heavy atom. The molecule has 0 atom stereocenters. The Bertz CT molecular complexity index is 3000. The van der Waals surface area contributed by atoms with Crippen LogP contribution in [0.4, 0.5) is 0 Å². The molecule has 0 aromatic heterocycles. The Morgan fingerprint density at radius 1 is 0.220 bits per heavy atom. The van der Waals surface area contributed by atoms with Crippen LogP contribution in [-0.4, -0.2) is 0 Å². The van der Waals surface area contributed by atoms with Crippen molar-refractivity contribution >= 4 is 53.9 Å². The fraction of sp³-hybridized carbons (Fsp3) is 0. The topological polar surface area (TPSA) is 0 Å². The Labute approximate surface area is 290 Å². The van der Waals surface area contributed by atoms with Gasteiger partial charge in [0.15, 0.2) is 0 Å². The standard InChI is InChI=1S/C50H30/c1-2-13-33-29-34(24-23-31(33)11-1)35-25-26-46-47(30-35)50(39-20-9-14-32-12-3-4-15-36(32)39)42-19-8-7-18-41(42)49(46)45-28-27-44-38-17-6-5-16-37(38)40-21-10-22-43(45)48(40)44/h1-30H. The first-order chi connectivity index (χ1) is 24.8. The van der Waals surface area contributed by atoms with Crippen LogP contribution in [0.5, 0.6) is 0 Å². The molecular weight excluding hydrogens is 601 g/mol. The minimum Gasteiger partial charge on any atom is -0.0616 e. The SMILES string of the molecule is c1ccc2c(c1)-c1cccc3c(-c4c5ccccc5c(-c5cccc6ccccc56)c5cc(-c6ccc7ccccc7c6)ccc45)ccc-2c13. The average molecular weight is 631 g/mol. The Morgan fingerprint density at radius 2 is 0.700 bits per heavy atom. The predicted molar refractivity (Wildman–Crippen MR) is 215 cm³/mol. The fourth-order valence-electron chi connectivity index (χ4n) is 8.78. The molecule has 11 rings (SSSR count). The monoisotopic (exact) mass is 630 g/mol. The highest BCUT2D eigenvalue weighted by molar-refractivity contribution is 6.27. The van der Waals surface area contributed by atoms with Gasteiger partial charge in [-0.15, -0.1) is 0 Å². The zero-order valence-electron chi connectivity index (χ0n) is 27.3. The largest absolute Gasteiger partial charge is 0.0616 e. The minimum absolute atomic E-state index is 1.22. The molecule has 1 aliphatic rings. The molecule has 0 spiro atoms. The molecule has 0 radical (unpaired) electrons. The van der Waals surface area contributed by atoms with Gasteiger partial charge in [0.1, 0.15) is 0 Å². The van der Waals surface area contributed by atoms with Crippen molar-refractivity contribution in [3.63, 3.8) is 0 Å². The maximum atomic E-state index is 2.45. The van der Waals surface area contributed by atoms with E-state index in [1.807, 2.05) is 0 Å². The van der Waals surface area contributed by atoms with E-state index in [-0.39, 0.29) is 0 Å². The molecule has 0 aliphatic heterocycles. The van der Waals surface area contributed by atoms with Crippen LogP contribution in [0.3, 0.4) is 0 Å². The molecule has 0 saturated heterocycles. The van der Waals surface area contributed by atoms with Gasteiger partial charge in [-0.2, -0.15) is 0 Å². The molecule has 0 N–H and O–H groups in total. The first kappa shape index (κ1) is 27.5. The zero-order valence-corrected chi connectivity index (χ0v) is 27.3. The Kier molecular flexibility index (Phi) is 5.76. The van der Waals surface area contributed by atoms with Crippen LogP contribution in [-0.2, 0) is 0 Å². The first-order valence-corrected chi connectivity index (χ1v) is 17.4. The number of hydrogen-bond donors (Lipinski definition) is 0. The Balaban J connectivity index is 1.28. The van der Waals surface area contributed by atoms with Crippen molar-refractivity contribution in [1.82, 2.24) is 0 Å². The van der Waals surface area contributed by atoms with Gasteiger partial charge >= 0.3 is 0 Å². The lowest BCUT2D eigenvalue weighted by atomic mass is 9.82. The van der Waals surface area contributed by atoms with Crippen LogP contribution in [0.25, 0.3) is 109 Å². The van der Waals surface area contributed by atoms with Crippen molar-refractivity contribution in [2.75, 3.05) is 0 Å². The summed E-state index contributed by atoms with van der Waals surface area (Å²) in [5.41, 5.74) is 12.9. The van der Waals surface area contributed by atoms with Crippen molar-refractivity contribution in [2.24, 2.45) is 0 Å². The normalized spacial score (nSPS) is 12.0. The van der Waals surface area contributed by atoms with Crippen LogP contribution >= 0.6 is 0 Å². The summed E-state index contributed by atoms with van der Waals surface area (Å²) in [5, 5.41) is 12.8. The van der Waals surface area contributed by atoms with E-state index in [2.05, 4.69) is 182 Å². The smallest absolute Gasteiger partial charge is 0.00199 e. The summed E-state index contributed by atoms with van der Waals surface area (Å²) < 4.78 is 0. The molecule has 10 aromatic rings. The zero-order chi connectivity index (χ0) is 32.8. The van der Waals surface area contributed by atoms with Gasteiger partial charge in [-0.05, 0) is 122 Å². The molecular formula is C50H30. The van der Waals surface area contributed by atoms with Crippen LogP contribution in [0.1, 0.15) is 0 Å². The van der Waals surface area contributed by atoms with E-state index in [1.54, 1.807) is 0 Å². The molecule has 50 heavy (non-hydrogen) atoms. The van der Waals surface area contributed by atoms with E-state index in [0.29, 0.717) is 0 Å². The van der Waals surface area contributed by atoms with Crippen molar-refractivity contribution in [3.05, 3.63) is 182 Å². The summed E-state index contributed by atoms with van der Waals surface area (Å²) in [7, 11) is 0. The second-order valence-electron chi connectivity index (χ2n) is 13.6. The molecule has 0 nitrogen and oxygen atoms in total. The molecule has 0 amide bonds. The number of benzene rings is 10. The van der Waals surface area contributed by atoms with Crippen LogP contribution < -0.4 is 0 Å². The summed E-state index contributed by atoms with van der Waals surface area (Å²) in [6.07, 6.45) is 0. The van der Waals surface area contributed by atoms with E-state index in [1.165, 1.54) is 109 Å². The first-order valence-electron chi connectivity index (χ1n) is 17.4. The predicted octanol–water partition coefficient (Wildman–Crippen LogP) is 14.1. The maximum Gasteiger partial charge on any atom is -0.00199 e. The second-order valence-corrected chi connectivity index (χ2v) is 13.6. The quantitative estimate of drug-likeness (QED) is 0.170. The molecule has 230 valence electrons. The van der Waals surface area contributed by atoms with Crippen LogP contribution in [0, 0.1) is 0 Å². The summed E-state index contributed by atoms with van der Waals surface area (Å²) in [4.78, 5) is 0. The van der Waals surface area contributed by atoms with E-state index in [4.69, 9.17) is 0 Å². The second kappa shape index (κ2) is 10.5. The highest BCUT2D eigenvalue weighted by Gasteiger charge is 2.25. The lowest BCUT2D eigenvalue weighted by Crippen LogP contribution is -1.93. The van der Waals surface area contributed by atoms with E-state index < -0.39 is 0 Å². The summed E-state index contributed by atoms with van der Waals surface area (Å²) in [6.45, 7) is 0. The van der Waals surface area contributed by atoms with Gasteiger partial charge in [-0.3, -0.25) is 0 Å². The van der Waals surface area contributed by atoms with Crippen LogP contribution in [0.15, 0.2) is 182 Å². The third-order valence-electron chi connectivity index (χ3n) is 11.0. The van der Waals surface area contributed by atoms with Gasteiger partial charge < -0.3 is 0 Å². The molecule has 10 aromatic carbocycles. The number of fused-ring (bicyclic) bond motifs is 7. The van der Waals surface area contributed by atoms with Gasteiger partial charge in [-0.25, -0.2) is 0 Å². The number of hydrogen-bond acceptors (Lipinski definition) is 0. The van der Waals surface area contributed by atoms with Gasteiger partial charge in [-0.1, -0.05) is 170 Å². The third-order valence-corrected chi connectivity index (χ3v) is 11.0. The van der Waals surface area contributed by atoms with Gasteiger partial charge in [0, 0.05) is 0 Å². The number of rotatable bonds is 3. The van der Waals surface area contributed by atoms with Gasteiger partial charge in [0.2, 0.25) is 0 Å². The van der Waals surface area contributed by atoms with E-state index in [0.717, 1.165) is 0 Å². The van der Waals surface area contributed by atoms with E-state index >= 15 is 0 Å². The highest BCUT2D eigenvalue weighted by atomic mass is 14.3. The third kappa shape index (κ3) is 3.88. The van der Waals surface area contributed by atoms with E-state index in [9.17, 15) is 0 Å². The fourth-order valence-corrected chi connectivity index (χ4v) is 8.78. The van der Waals surface area contributed by atoms with Crippen molar-refractivity contribution in [2.45, 2.75) is 0 Å². The summed E-state index contributed by atoms with van der Waals surface area (Å²) in [6, 6.07) is 67.7. The summed E-state index contributed by atoms with van der Waals surface area (Å²) >= 11 is 0. The molecule has 0 heterocycles. The molecule has 1 aliphatic carbocycles. The van der Waals surface area contributed by atoms with Gasteiger partial charge in [0.25, 0.3) is 0 Å². The Hall–Kier alpha value is -6.50. The molecule has 0 bridgehead atoms. The highest BCUT2D eigenvalue weighted by Crippen LogP contribution is 2.52. The lowest BCUT2D eigenvalue weighted by Gasteiger charge is -2.21. The maximum absolute atomic E-state index is 2.45. The molecule has 0 heteroatoms.